The summed E-state index contributed by atoms with van der Waals surface area (Å²) < 4.78 is 18.3. The molecule has 0 spiro atoms. The van der Waals surface area contributed by atoms with Gasteiger partial charge in [0.15, 0.2) is 0 Å². The molecule has 0 saturated carbocycles. The standard InChI is InChI=1S/C22H20FN3O3/c1-2-29-18-12-10-17(11-13-18)25-22(28)20-5-3-4-19(26-20)21(27)24-14-15-6-8-16(23)9-7-15/h3-13H,2,14H2,1H3,(H,24,27)(H,25,28). The van der Waals surface area contributed by atoms with Crippen LogP contribution < -0.4 is 15.4 Å². The molecule has 6 nitrogen and oxygen atoms in total. The zero-order chi connectivity index (χ0) is 20.6. The molecule has 0 radical (unpaired) electrons. The van der Waals surface area contributed by atoms with E-state index in [1.807, 2.05) is 6.92 Å². The molecule has 0 saturated heterocycles. The summed E-state index contributed by atoms with van der Waals surface area (Å²) in [6, 6.07) is 17.4. The second-order valence-corrected chi connectivity index (χ2v) is 6.13. The number of aromatic nitrogens is 1. The predicted molar refractivity (Wildman–Crippen MR) is 107 cm³/mol. The van der Waals surface area contributed by atoms with Gasteiger partial charge in [-0.15, -0.1) is 0 Å². The number of hydrogen-bond acceptors (Lipinski definition) is 4. The van der Waals surface area contributed by atoms with Crippen LogP contribution >= 0.6 is 0 Å². The molecular formula is C22H20FN3O3. The van der Waals surface area contributed by atoms with Crippen LogP contribution in [0.2, 0.25) is 0 Å². The quantitative estimate of drug-likeness (QED) is 0.640. The summed E-state index contributed by atoms with van der Waals surface area (Å²) in [6.07, 6.45) is 0. The van der Waals surface area contributed by atoms with Crippen molar-refractivity contribution in [2.75, 3.05) is 11.9 Å². The van der Waals surface area contributed by atoms with Crippen LogP contribution in [-0.4, -0.2) is 23.4 Å². The minimum absolute atomic E-state index is 0.117. The SMILES string of the molecule is CCOc1ccc(NC(=O)c2cccc(C(=O)NCc3ccc(F)cc3)n2)cc1. The molecule has 0 unspecified atom stereocenters. The molecular weight excluding hydrogens is 373 g/mol. The van der Waals surface area contributed by atoms with Gasteiger partial charge in [-0.05, 0) is 61.0 Å². The first-order valence-electron chi connectivity index (χ1n) is 9.09. The number of halogens is 1. The largest absolute Gasteiger partial charge is 0.494 e. The number of rotatable bonds is 7. The van der Waals surface area contributed by atoms with Crippen LogP contribution in [0, 0.1) is 5.82 Å². The van der Waals surface area contributed by atoms with Crippen LogP contribution in [0.15, 0.2) is 66.7 Å². The molecule has 1 aromatic heterocycles. The number of nitrogens with one attached hydrogen (secondary N) is 2. The lowest BCUT2D eigenvalue weighted by Gasteiger charge is -2.08. The smallest absolute Gasteiger partial charge is 0.274 e. The molecule has 0 atom stereocenters. The Bertz CT molecular complexity index is 989. The van der Waals surface area contributed by atoms with Crippen molar-refractivity contribution in [2.24, 2.45) is 0 Å². The minimum atomic E-state index is -0.428. The van der Waals surface area contributed by atoms with E-state index < -0.39 is 11.8 Å². The number of carbonyl (C=O) groups excluding carboxylic acids is 2. The van der Waals surface area contributed by atoms with Crippen molar-refractivity contribution in [1.29, 1.82) is 0 Å². The predicted octanol–water partition coefficient (Wildman–Crippen LogP) is 3.80. The fraction of sp³-hybridized carbons (Fsp3) is 0.136. The minimum Gasteiger partial charge on any atom is -0.494 e. The summed E-state index contributed by atoms with van der Waals surface area (Å²) >= 11 is 0. The van der Waals surface area contributed by atoms with Gasteiger partial charge in [0, 0.05) is 12.2 Å². The van der Waals surface area contributed by atoms with Gasteiger partial charge < -0.3 is 15.4 Å². The maximum Gasteiger partial charge on any atom is 0.274 e. The lowest BCUT2D eigenvalue weighted by molar-refractivity contribution is 0.0945. The van der Waals surface area contributed by atoms with E-state index in [9.17, 15) is 14.0 Å². The van der Waals surface area contributed by atoms with Crippen LogP contribution in [0.25, 0.3) is 0 Å². The normalized spacial score (nSPS) is 10.3. The summed E-state index contributed by atoms with van der Waals surface area (Å²) in [5, 5.41) is 5.43. The van der Waals surface area contributed by atoms with Gasteiger partial charge in [0.2, 0.25) is 0 Å². The molecule has 0 aliphatic heterocycles. The summed E-state index contributed by atoms with van der Waals surface area (Å²) in [4.78, 5) is 28.9. The van der Waals surface area contributed by atoms with Crippen LogP contribution in [0.4, 0.5) is 10.1 Å². The monoisotopic (exact) mass is 393 g/mol. The van der Waals surface area contributed by atoms with Gasteiger partial charge in [0.1, 0.15) is 23.0 Å². The van der Waals surface area contributed by atoms with Crippen molar-refractivity contribution in [3.8, 4) is 5.75 Å². The van der Waals surface area contributed by atoms with Gasteiger partial charge >= 0.3 is 0 Å². The van der Waals surface area contributed by atoms with Crippen molar-refractivity contribution in [3.05, 3.63) is 89.5 Å². The first-order valence-corrected chi connectivity index (χ1v) is 9.09. The highest BCUT2D eigenvalue weighted by Gasteiger charge is 2.13. The molecule has 7 heteroatoms. The average molecular weight is 393 g/mol. The molecule has 148 valence electrons. The second-order valence-electron chi connectivity index (χ2n) is 6.13. The van der Waals surface area contributed by atoms with Crippen LogP contribution in [0.5, 0.6) is 5.75 Å². The van der Waals surface area contributed by atoms with Crippen molar-refractivity contribution >= 4 is 17.5 Å². The molecule has 29 heavy (non-hydrogen) atoms. The molecule has 2 N–H and O–H groups in total. The molecule has 0 bridgehead atoms. The Morgan fingerprint density at radius 3 is 2.24 bits per heavy atom. The third-order valence-electron chi connectivity index (χ3n) is 4.00. The van der Waals surface area contributed by atoms with Crippen LogP contribution in [0.3, 0.4) is 0 Å². The van der Waals surface area contributed by atoms with Gasteiger partial charge in [-0.25, -0.2) is 9.37 Å². The van der Waals surface area contributed by atoms with Crippen LogP contribution in [-0.2, 0) is 6.54 Å². The summed E-state index contributed by atoms with van der Waals surface area (Å²) in [5.41, 5.74) is 1.58. The maximum absolute atomic E-state index is 12.9. The molecule has 2 amide bonds. The highest BCUT2D eigenvalue weighted by molar-refractivity contribution is 6.03. The highest BCUT2D eigenvalue weighted by atomic mass is 19.1. The van der Waals surface area contributed by atoms with E-state index in [1.165, 1.54) is 24.3 Å². The molecule has 0 aliphatic carbocycles. The van der Waals surface area contributed by atoms with E-state index in [0.29, 0.717) is 18.0 Å². The number of nitrogens with zero attached hydrogens (tertiary/aromatic N) is 1. The number of pyridine rings is 1. The second kappa shape index (κ2) is 9.45. The van der Waals surface area contributed by atoms with E-state index in [0.717, 1.165) is 5.56 Å². The van der Waals surface area contributed by atoms with E-state index in [2.05, 4.69) is 15.6 Å². The Kier molecular flexibility index (Phi) is 6.52. The number of hydrogen-bond donors (Lipinski definition) is 2. The zero-order valence-electron chi connectivity index (χ0n) is 15.8. The number of amides is 2. The fourth-order valence-electron chi connectivity index (χ4n) is 2.56. The lowest BCUT2D eigenvalue weighted by Crippen LogP contribution is -2.25. The van der Waals surface area contributed by atoms with Gasteiger partial charge in [0.05, 0.1) is 6.61 Å². The molecule has 0 fully saturated rings. The van der Waals surface area contributed by atoms with Gasteiger partial charge in [-0.2, -0.15) is 0 Å². The Balaban J connectivity index is 1.62. The third-order valence-corrected chi connectivity index (χ3v) is 4.00. The van der Waals surface area contributed by atoms with Crippen molar-refractivity contribution in [2.45, 2.75) is 13.5 Å². The molecule has 1 heterocycles. The Morgan fingerprint density at radius 2 is 1.59 bits per heavy atom. The number of benzene rings is 2. The van der Waals surface area contributed by atoms with E-state index >= 15 is 0 Å². The van der Waals surface area contributed by atoms with Crippen molar-refractivity contribution < 1.29 is 18.7 Å². The number of anilines is 1. The lowest BCUT2D eigenvalue weighted by atomic mass is 10.2. The van der Waals surface area contributed by atoms with Crippen molar-refractivity contribution in [3.63, 3.8) is 0 Å². The molecule has 0 aliphatic rings. The number of carbonyl (C=O) groups is 2. The molecule has 3 aromatic rings. The van der Waals surface area contributed by atoms with E-state index in [1.54, 1.807) is 42.5 Å². The highest BCUT2D eigenvalue weighted by Crippen LogP contribution is 2.16. The van der Waals surface area contributed by atoms with E-state index in [4.69, 9.17) is 4.74 Å². The van der Waals surface area contributed by atoms with Crippen LogP contribution in [0.1, 0.15) is 33.5 Å². The first kappa shape index (κ1) is 20.0. The third kappa shape index (κ3) is 5.62. The van der Waals surface area contributed by atoms with E-state index in [-0.39, 0.29) is 23.7 Å². The Hall–Kier alpha value is -3.74. The summed E-state index contributed by atoms with van der Waals surface area (Å²) in [6.45, 7) is 2.68. The van der Waals surface area contributed by atoms with Gasteiger partial charge in [-0.1, -0.05) is 18.2 Å². The zero-order valence-corrected chi connectivity index (χ0v) is 15.8. The first-order chi connectivity index (χ1) is 14.0. The van der Waals surface area contributed by atoms with Gasteiger partial charge in [0.25, 0.3) is 11.8 Å². The fourth-order valence-corrected chi connectivity index (χ4v) is 2.56. The summed E-state index contributed by atoms with van der Waals surface area (Å²) in [7, 11) is 0. The topological polar surface area (TPSA) is 80.3 Å². The Labute approximate surface area is 167 Å². The molecule has 3 rings (SSSR count). The summed E-state index contributed by atoms with van der Waals surface area (Å²) in [5.74, 6) is -0.483. The Morgan fingerprint density at radius 1 is 0.931 bits per heavy atom. The molecule has 2 aromatic carbocycles. The van der Waals surface area contributed by atoms with Crippen molar-refractivity contribution in [1.82, 2.24) is 10.3 Å². The van der Waals surface area contributed by atoms with Gasteiger partial charge in [-0.3, -0.25) is 9.59 Å². The average Bonchev–Trinajstić information content (AvgIpc) is 2.75. The maximum atomic E-state index is 12.9. The number of ether oxygens (including phenoxy) is 1.